The molecule has 1 fully saturated rings. The van der Waals surface area contributed by atoms with Crippen molar-refractivity contribution in [3.63, 3.8) is 0 Å². The monoisotopic (exact) mass is 536 g/mol. The Labute approximate surface area is 216 Å². The summed E-state index contributed by atoms with van der Waals surface area (Å²) in [5.41, 5.74) is -0.992. The number of rotatable bonds is 6. The summed E-state index contributed by atoms with van der Waals surface area (Å²) in [6.07, 6.45) is -3.25. The van der Waals surface area contributed by atoms with Crippen molar-refractivity contribution in [2.24, 2.45) is 5.41 Å². The first-order valence-electron chi connectivity index (χ1n) is 11.2. The molecule has 2 aromatic heterocycles. The third-order valence-corrected chi connectivity index (χ3v) is 7.14. The minimum Gasteiger partial charge on any atom is -0.481 e. The number of alkyl halides is 3. The molecule has 0 unspecified atom stereocenters. The SMILES string of the molecule is Cc1ccc(Cl)cc1-c1nc(NSc2cccc(N3CCC[C@@](C)(C(=O)O)C3)n2)ccc1C(F)(F)F. The first-order chi connectivity index (χ1) is 17.0. The smallest absolute Gasteiger partial charge is 0.418 e. The normalized spacial score (nSPS) is 18.2. The molecule has 36 heavy (non-hydrogen) atoms. The largest absolute Gasteiger partial charge is 0.481 e. The van der Waals surface area contributed by atoms with Crippen LogP contribution in [-0.4, -0.2) is 34.1 Å². The van der Waals surface area contributed by atoms with Crippen LogP contribution in [0.3, 0.4) is 0 Å². The lowest BCUT2D eigenvalue weighted by Gasteiger charge is -2.38. The Kier molecular flexibility index (Phi) is 7.38. The zero-order valence-corrected chi connectivity index (χ0v) is 21.1. The Balaban J connectivity index is 1.57. The maximum atomic E-state index is 13.7. The van der Waals surface area contributed by atoms with E-state index in [1.54, 1.807) is 38.1 Å². The molecule has 0 spiro atoms. The number of aryl methyl sites for hydroxylation is 1. The molecule has 0 amide bonds. The van der Waals surface area contributed by atoms with Crippen molar-refractivity contribution in [2.45, 2.75) is 37.9 Å². The predicted molar refractivity (Wildman–Crippen MR) is 135 cm³/mol. The molecule has 190 valence electrons. The average molecular weight is 537 g/mol. The second kappa shape index (κ2) is 10.2. The number of piperidine rings is 1. The van der Waals surface area contributed by atoms with Crippen LogP contribution >= 0.6 is 23.5 Å². The summed E-state index contributed by atoms with van der Waals surface area (Å²) in [4.78, 5) is 22.5. The van der Waals surface area contributed by atoms with E-state index in [1.165, 1.54) is 12.1 Å². The molecule has 11 heteroatoms. The standard InChI is InChI=1S/C25H24ClF3N4O2S/c1-15-7-8-16(26)13-17(15)22-18(25(27,28)29)9-10-19(30-22)32-36-21-6-3-5-20(31-21)33-12-4-11-24(2,14-33)23(34)35/h3,5-10,13H,4,11-12,14H2,1-2H3,(H,30,32)(H,34,35)/t24-/m1/s1. The molecular formula is C25H24ClF3N4O2S. The van der Waals surface area contributed by atoms with Gasteiger partial charge in [-0.05, 0) is 68.7 Å². The maximum Gasteiger partial charge on any atom is 0.418 e. The lowest BCUT2D eigenvalue weighted by molar-refractivity contribution is -0.148. The number of anilines is 2. The fraction of sp³-hybridized carbons (Fsp3) is 0.320. The minimum absolute atomic E-state index is 0.212. The summed E-state index contributed by atoms with van der Waals surface area (Å²) in [6, 6.07) is 12.4. The average Bonchev–Trinajstić information content (AvgIpc) is 2.83. The van der Waals surface area contributed by atoms with Gasteiger partial charge in [-0.2, -0.15) is 13.2 Å². The molecule has 4 rings (SSSR count). The number of hydrogen-bond donors (Lipinski definition) is 2. The summed E-state index contributed by atoms with van der Waals surface area (Å²) in [5, 5.41) is 10.5. The summed E-state index contributed by atoms with van der Waals surface area (Å²) in [7, 11) is 0. The van der Waals surface area contributed by atoms with Crippen LogP contribution in [0.4, 0.5) is 24.8 Å². The van der Waals surface area contributed by atoms with Crippen molar-refractivity contribution in [1.82, 2.24) is 9.97 Å². The van der Waals surface area contributed by atoms with E-state index in [9.17, 15) is 23.1 Å². The van der Waals surface area contributed by atoms with E-state index in [2.05, 4.69) is 14.7 Å². The maximum absolute atomic E-state index is 13.7. The van der Waals surface area contributed by atoms with E-state index >= 15 is 0 Å². The highest BCUT2D eigenvalue weighted by Gasteiger charge is 2.38. The number of carbonyl (C=O) groups is 1. The van der Waals surface area contributed by atoms with Crippen LogP contribution in [0.1, 0.15) is 30.9 Å². The fourth-order valence-electron chi connectivity index (χ4n) is 4.15. The molecule has 1 aliphatic heterocycles. The first-order valence-corrected chi connectivity index (χ1v) is 12.4. The van der Waals surface area contributed by atoms with Crippen molar-refractivity contribution >= 4 is 41.2 Å². The van der Waals surface area contributed by atoms with Gasteiger partial charge in [-0.3, -0.25) is 4.79 Å². The molecule has 0 aliphatic carbocycles. The van der Waals surface area contributed by atoms with Gasteiger partial charge in [-0.25, -0.2) is 9.97 Å². The van der Waals surface area contributed by atoms with Crippen LogP contribution in [0.25, 0.3) is 11.3 Å². The molecule has 1 atom stereocenters. The molecular weight excluding hydrogens is 513 g/mol. The molecule has 1 aromatic carbocycles. The topological polar surface area (TPSA) is 78.4 Å². The molecule has 3 heterocycles. The molecule has 0 bridgehead atoms. The first kappa shape index (κ1) is 26.1. The van der Waals surface area contributed by atoms with E-state index in [1.807, 2.05) is 11.0 Å². The number of carboxylic acid groups (broad SMARTS) is 1. The van der Waals surface area contributed by atoms with E-state index in [0.717, 1.165) is 24.4 Å². The number of pyridine rings is 2. The Hall–Kier alpha value is -2.98. The highest BCUT2D eigenvalue weighted by atomic mass is 35.5. The highest BCUT2D eigenvalue weighted by molar-refractivity contribution is 8.00. The van der Waals surface area contributed by atoms with Gasteiger partial charge >= 0.3 is 12.1 Å². The molecule has 3 aromatic rings. The fourth-order valence-corrected chi connectivity index (χ4v) is 4.93. The van der Waals surface area contributed by atoms with Crippen molar-refractivity contribution in [3.05, 3.63) is 64.7 Å². The second-order valence-electron chi connectivity index (χ2n) is 8.98. The van der Waals surface area contributed by atoms with E-state index in [4.69, 9.17) is 11.6 Å². The van der Waals surface area contributed by atoms with Crippen molar-refractivity contribution in [1.29, 1.82) is 0 Å². The Morgan fingerprint density at radius 3 is 2.69 bits per heavy atom. The van der Waals surface area contributed by atoms with Crippen LogP contribution < -0.4 is 9.62 Å². The number of hydrogen-bond acceptors (Lipinski definition) is 6. The van der Waals surface area contributed by atoms with Gasteiger partial charge in [-0.15, -0.1) is 0 Å². The second-order valence-corrected chi connectivity index (χ2v) is 10.2. The van der Waals surface area contributed by atoms with Gasteiger partial charge in [0.05, 0.1) is 16.7 Å². The summed E-state index contributed by atoms with van der Waals surface area (Å²) < 4.78 is 44.2. The van der Waals surface area contributed by atoms with Gasteiger partial charge in [-0.1, -0.05) is 23.7 Å². The van der Waals surface area contributed by atoms with Crippen LogP contribution in [0, 0.1) is 12.3 Å². The van der Waals surface area contributed by atoms with Crippen LogP contribution in [0.15, 0.2) is 53.6 Å². The number of nitrogens with zero attached hydrogens (tertiary/aromatic N) is 3. The highest BCUT2D eigenvalue weighted by Crippen LogP contribution is 2.39. The molecule has 1 saturated heterocycles. The minimum atomic E-state index is -4.59. The van der Waals surface area contributed by atoms with Gasteiger partial charge in [0.1, 0.15) is 16.7 Å². The number of carboxylic acids is 1. The summed E-state index contributed by atoms with van der Waals surface area (Å²) in [6.45, 7) is 4.48. The van der Waals surface area contributed by atoms with Crippen LogP contribution in [0.5, 0.6) is 0 Å². The van der Waals surface area contributed by atoms with E-state index < -0.39 is 23.1 Å². The predicted octanol–water partition coefficient (Wildman–Crippen LogP) is 6.93. The molecule has 0 saturated carbocycles. The van der Waals surface area contributed by atoms with Crippen molar-refractivity contribution < 1.29 is 23.1 Å². The van der Waals surface area contributed by atoms with Crippen molar-refractivity contribution in [2.75, 3.05) is 22.7 Å². The Bertz CT molecular complexity index is 1290. The molecule has 1 aliphatic rings. The van der Waals surface area contributed by atoms with Gasteiger partial charge in [0.2, 0.25) is 0 Å². The number of benzene rings is 1. The third kappa shape index (κ3) is 5.70. The quantitative estimate of drug-likeness (QED) is 0.330. The van der Waals surface area contributed by atoms with Gasteiger partial charge in [0.25, 0.3) is 0 Å². The number of aliphatic carboxylic acids is 1. The summed E-state index contributed by atoms with van der Waals surface area (Å²) in [5.74, 6) is 0.0362. The van der Waals surface area contributed by atoms with Crippen LogP contribution in [0.2, 0.25) is 5.02 Å². The molecule has 6 nitrogen and oxygen atoms in total. The molecule has 0 radical (unpaired) electrons. The number of halogens is 4. The zero-order chi connectivity index (χ0) is 26.1. The summed E-state index contributed by atoms with van der Waals surface area (Å²) >= 11 is 7.16. The van der Waals surface area contributed by atoms with E-state index in [-0.39, 0.29) is 11.5 Å². The Morgan fingerprint density at radius 2 is 1.97 bits per heavy atom. The zero-order valence-electron chi connectivity index (χ0n) is 19.6. The van der Waals surface area contributed by atoms with Crippen molar-refractivity contribution in [3.8, 4) is 11.3 Å². The lowest BCUT2D eigenvalue weighted by Crippen LogP contribution is -2.46. The van der Waals surface area contributed by atoms with Gasteiger partial charge in [0, 0.05) is 35.6 Å². The lowest BCUT2D eigenvalue weighted by atomic mass is 9.82. The number of aromatic nitrogens is 2. The number of nitrogens with one attached hydrogen (secondary N) is 1. The Morgan fingerprint density at radius 1 is 1.19 bits per heavy atom. The molecule has 2 N–H and O–H groups in total. The van der Waals surface area contributed by atoms with Gasteiger partial charge in [0.15, 0.2) is 0 Å². The van der Waals surface area contributed by atoms with E-state index in [0.29, 0.717) is 46.5 Å². The van der Waals surface area contributed by atoms with Crippen LogP contribution in [-0.2, 0) is 11.0 Å². The third-order valence-electron chi connectivity index (χ3n) is 6.16. The van der Waals surface area contributed by atoms with Gasteiger partial charge < -0.3 is 14.7 Å².